The molecule has 2 atom stereocenters. The van der Waals surface area contributed by atoms with Gasteiger partial charge in [-0.25, -0.2) is 0 Å². The number of hydrogen-bond donors (Lipinski definition) is 1. The quantitative estimate of drug-likeness (QED) is 0.636. The standard InChI is InChI=1S/C22H22N2O2/c1-2-26-22(25)20(17-11-5-3-6-12-17)21(19-15-9-10-16-23-19)24-18-13-7-4-8-14-18/h3-16,20-21,24H,2H2,1H3/t20-,21-/m1/s1. The number of para-hydroxylation sites is 1. The number of nitrogens with zero attached hydrogens (tertiary/aromatic N) is 1. The van der Waals surface area contributed by atoms with Crippen LogP contribution in [0.15, 0.2) is 85.1 Å². The van der Waals surface area contributed by atoms with Crippen LogP contribution in [0.25, 0.3) is 0 Å². The number of rotatable bonds is 7. The van der Waals surface area contributed by atoms with E-state index < -0.39 is 5.92 Å². The first kappa shape index (κ1) is 17.7. The van der Waals surface area contributed by atoms with Gasteiger partial charge in [0.1, 0.15) is 5.92 Å². The van der Waals surface area contributed by atoms with Crippen LogP contribution < -0.4 is 5.32 Å². The molecule has 1 N–H and O–H groups in total. The van der Waals surface area contributed by atoms with Gasteiger partial charge in [-0.1, -0.05) is 54.6 Å². The molecule has 4 heteroatoms. The summed E-state index contributed by atoms with van der Waals surface area (Å²) in [7, 11) is 0. The summed E-state index contributed by atoms with van der Waals surface area (Å²) in [6.45, 7) is 2.16. The zero-order chi connectivity index (χ0) is 18.2. The van der Waals surface area contributed by atoms with Gasteiger partial charge in [0.25, 0.3) is 0 Å². The summed E-state index contributed by atoms with van der Waals surface area (Å²) in [6, 6.07) is 24.9. The topological polar surface area (TPSA) is 51.2 Å². The van der Waals surface area contributed by atoms with Gasteiger partial charge in [0, 0.05) is 11.9 Å². The fraction of sp³-hybridized carbons (Fsp3) is 0.182. The molecular formula is C22H22N2O2. The van der Waals surface area contributed by atoms with Crippen molar-refractivity contribution in [3.8, 4) is 0 Å². The second-order valence-electron chi connectivity index (χ2n) is 5.88. The molecule has 0 radical (unpaired) electrons. The molecule has 2 aromatic carbocycles. The van der Waals surface area contributed by atoms with Crippen molar-refractivity contribution in [2.45, 2.75) is 18.9 Å². The number of esters is 1. The van der Waals surface area contributed by atoms with E-state index in [4.69, 9.17) is 4.74 Å². The number of carbonyl (C=O) groups is 1. The van der Waals surface area contributed by atoms with Gasteiger partial charge >= 0.3 is 5.97 Å². The summed E-state index contributed by atoms with van der Waals surface area (Å²) in [5, 5.41) is 3.47. The minimum Gasteiger partial charge on any atom is -0.465 e. The minimum absolute atomic E-state index is 0.266. The van der Waals surface area contributed by atoms with Crippen molar-refractivity contribution in [2.24, 2.45) is 0 Å². The first-order valence-electron chi connectivity index (χ1n) is 8.73. The Hall–Kier alpha value is -3.14. The van der Waals surface area contributed by atoms with Gasteiger partial charge in [0.15, 0.2) is 0 Å². The third-order valence-corrected chi connectivity index (χ3v) is 4.13. The number of nitrogens with one attached hydrogen (secondary N) is 1. The van der Waals surface area contributed by atoms with Crippen molar-refractivity contribution < 1.29 is 9.53 Å². The Kier molecular flexibility index (Phi) is 5.99. The lowest BCUT2D eigenvalue weighted by atomic mass is 9.88. The molecule has 0 amide bonds. The summed E-state index contributed by atoms with van der Waals surface area (Å²) in [5.41, 5.74) is 2.61. The molecule has 1 heterocycles. The second kappa shape index (κ2) is 8.81. The van der Waals surface area contributed by atoms with Crippen LogP contribution in [0.1, 0.15) is 30.1 Å². The molecule has 3 rings (SSSR count). The highest BCUT2D eigenvalue weighted by molar-refractivity contribution is 5.80. The number of aromatic nitrogens is 1. The number of ether oxygens (including phenoxy) is 1. The maximum absolute atomic E-state index is 12.9. The third-order valence-electron chi connectivity index (χ3n) is 4.13. The Balaban J connectivity index is 2.04. The normalized spacial score (nSPS) is 12.8. The Labute approximate surface area is 153 Å². The van der Waals surface area contributed by atoms with Gasteiger partial charge in [-0.2, -0.15) is 0 Å². The number of hydrogen-bond acceptors (Lipinski definition) is 4. The number of carbonyl (C=O) groups excluding carboxylic acids is 1. The van der Waals surface area contributed by atoms with Gasteiger partial charge in [0.2, 0.25) is 0 Å². The molecule has 0 aliphatic rings. The van der Waals surface area contributed by atoms with Crippen LogP contribution in [0, 0.1) is 0 Å². The molecule has 0 saturated carbocycles. The average molecular weight is 346 g/mol. The lowest BCUT2D eigenvalue weighted by Crippen LogP contribution is -2.28. The summed E-state index contributed by atoms with van der Waals surface area (Å²) >= 11 is 0. The Bertz CT molecular complexity index is 807. The van der Waals surface area contributed by atoms with Crippen LogP contribution in [0.3, 0.4) is 0 Å². The SMILES string of the molecule is CCOC(=O)[C@H](c1ccccc1)[C@H](Nc1ccccc1)c1ccccn1. The van der Waals surface area contributed by atoms with Gasteiger partial charge < -0.3 is 10.1 Å². The molecule has 0 unspecified atom stereocenters. The smallest absolute Gasteiger partial charge is 0.315 e. The monoisotopic (exact) mass is 346 g/mol. The predicted octanol–water partition coefficient (Wildman–Crippen LogP) is 4.58. The van der Waals surface area contributed by atoms with E-state index in [1.807, 2.05) is 85.8 Å². The number of benzene rings is 2. The minimum atomic E-state index is -0.508. The number of pyridine rings is 1. The summed E-state index contributed by atoms with van der Waals surface area (Å²) in [6.07, 6.45) is 1.74. The summed E-state index contributed by atoms with van der Waals surface area (Å²) in [4.78, 5) is 17.4. The molecular weight excluding hydrogens is 324 g/mol. The van der Waals surface area contributed by atoms with Gasteiger partial charge in [-0.05, 0) is 36.8 Å². The molecule has 0 aliphatic heterocycles. The van der Waals surface area contributed by atoms with Crippen molar-refractivity contribution in [1.29, 1.82) is 0 Å². The van der Waals surface area contributed by atoms with Crippen LogP contribution in [0.5, 0.6) is 0 Å². The molecule has 3 aromatic rings. The molecule has 0 fully saturated rings. The van der Waals surface area contributed by atoms with Gasteiger partial charge in [0.05, 0.1) is 18.3 Å². The maximum atomic E-state index is 12.9. The van der Waals surface area contributed by atoms with Crippen molar-refractivity contribution >= 4 is 11.7 Å². The van der Waals surface area contributed by atoms with Crippen molar-refractivity contribution in [1.82, 2.24) is 4.98 Å². The van der Waals surface area contributed by atoms with Crippen LogP contribution >= 0.6 is 0 Å². The summed E-state index contributed by atoms with van der Waals surface area (Å²) < 4.78 is 5.39. The maximum Gasteiger partial charge on any atom is 0.315 e. The first-order valence-corrected chi connectivity index (χ1v) is 8.73. The molecule has 132 valence electrons. The molecule has 0 bridgehead atoms. The lowest BCUT2D eigenvalue weighted by Gasteiger charge is -2.27. The molecule has 1 aromatic heterocycles. The summed E-state index contributed by atoms with van der Waals surface area (Å²) in [5.74, 6) is -0.774. The van der Waals surface area contributed by atoms with Crippen LogP contribution in [0.2, 0.25) is 0 Å². The Morgan fingerprint density at radius 2 is 1.62 bits per heavy atom. The molecule has 0 spiro atoms. The van der Waals surface area contributed by atoms with Crippen molar-refractivity contribution in [2.75, 3.05) is 11.9 Å². The Morgan fingerprint density at radius 1 is 0.962 bits per heavy atom. The number of anilines is 1. The second-order valence-corrected chi connectivity index (χ2v) is 5.88. The fourth-order valence-corrected chi connectivity index (χ4v) is 2.96. The van der Waals surface area contributed by atoms with Crippen molar-refractivity contribution in [3.05, 3.63) is 96.3 Å². The van der Waals surface area contributed by atoms with Crippen LogP contribution in [-0.2, 0) is 9.53 Å². The van der Waals surface area contributed by atoms with E-state index in [2.05, 4.69) is 10.3 Å². The van der Waals surface area contributed by atoms with E-state index in [-0.39, 0.29) is 12.0 Å². The van der Waals surface area contributed by atoms with E-state index in [1.54, 1.807) is 6.20 Å². The van der Waals surface area contributed by atoms with Gasteiger partial charge in [-0.15, -0.1) is 0 Å². The third kappa shape index (κ3) is 4.28. The van der Waals surface area contributed by atoms with E-state index in [9.17, 15) is 4.79 Å². The van der Waals surface area contributed by atoms with Crippen LogP contribution in [-0.4, -0.2) is 17.6 Å². The first-order chi connectivity index (χ1) is 12.8. The van der Waals surface area contributed by atoms with E-state index in [1.165, 1.54) is 0 Å². The van der Waals surface area contributed by atoms with E-state index >= 15 is 0 Å². The highest BCUT2D eigenvalue weighted by Crippen LogP contribution is 2.34. The average Bonchev–Trinajstić information content (AvgIpc) is 2.70. The van der Waals surface area contributed by atoms with E-state index in [0.29, 0.717) is 6.61 Å². The largest absolute Gasteiger partial charge is 0.465 e. The van der Waals surface area contributed by atoms with Crippen molar-refractivity contribution in [3.63, 3.8) is 0 Å². The fourth-order valence-electron chi connectivity index (χ4n) is 2.96. The van der Waals surface area contributed by atoms with Gasteiger partial charge in [-0.3, -0.25) is 9.78 Å². The molecule has 26 heavy (non-hydrogen) atoms. The predicted molar refractivity (Wildman–Crippen MR) is 103 cm³/mol. The Morgan fingerprint density at radius 3 is 2.23 bits per heavy atom. The highest BCUT2D eigenvalue weighted by Gasteiger charge is 2.33. The van der Waals surface area contributed by atoms with E-state index in [0.717, 1.165) is 16.9 Å². The molecule has 4 nitrogen and oxygen atoms in total. The zero-order valence-electron chi connectivity index (χ0n) is 14.7. The highest BCUT2D eigenvalue weighted by atomic mass is 16.5. The lowest BCUT2D eigenvalue weighted by molar-refractivity contribution is -0.145. The molecule has 0 saturated heterocycles. The van der Waals surface area contributed by atoms with Crippen LogP contribution in [0.4, 0.5) is 5.69 Å². The zero-order valence-corrected chi connectivity index (χ0v) is 14.7. The molecule has 0 aliphatic carbocycles.